The molecule has 9 heteroatoms. The zero-order valence-corrected chi connectivity index (χ0v) is 17.3. The average molecular weight is 455 g/mol. The summed E-state index contributed by atoms with van der Waals surface area (Å²) in [5.74, 6) is 0.613. The fraction of sp³-hybridized carbons (Fsp3) is 0.800. The van der Waals surface area contributed by atoms with Gasteiger partial charge in [0.15, 0.2) is 5.96 Å². The number of carbonyl (C=O) groups is 2. The maximum absolute atomic E-state index is 11.7. The number of aliphatic imine (C=N–C) groups is 1. The molecule has 24 heavy (non-hydrogen) atoms. The second-order valence-electron chi connectivity index (χ2n) is 5.76. The van der Waals surface area contributed by atoms with Gasteiger partial charge >= 0.3 is 6.09 Å². The Bertz CT molecular complexity index is 423. The van der Waals surface area contributed by atoms with Crippen LogP contribution < -0.4 is 10.6 Å². The summed E-state index contributed by atoms with van der Waals surface area (Å²) in [5, 5.41) is 6.57. The van der Waals surface area contributed by atoms with E-state index < -0.39 is 0 Å². The molecule has 0 atom stereocenters. The van der Waals surface area contributed by atoms with E-state index in [0.717, 1.165) is 25.8 Å². The monoisotopic (exact) mass is 455 g/mol. The van der Waals surface area contributed by atoms with Gasteiger partial charge in [-0.15, -0.1) is 24.0 Å². The number of hydrogen-bond donors (Lipinski definition) is 2. The van der Waals surface area contributed by atoms with Gasteiger partial charge < -0.3 is 25.2 Å². The Hall–Kier alpha value is -1.26. The number of likely N-dealkylation sites (N-methyl/N-ethyl adjacent to an activating group) is 1. The van der Waals surface area contributed by atoms with Crippen molar-refractivity contribution in [3.05, 3.63) is 0 Å². The minimum Gasteiger partial charge on any atom is -0.453 e. The largest absolute Gasteiger partial charge is 0.453 e. The highest BCUT2D eigenvalue weighted by Crippen LogP contribution is 2.11. The average Bonchev–Trinajstić information content (AvgIpc) is 2.56. The molecule has 0 aromatic carbocycles. The van der Waals surface area contributed by atoms with Crippen molar-refractivity contribution in [2.75, 3.05) is 47.4 Å². The van der Waals surface area contributed by atoms with Crippen LogP contribution >= 0.6 is 24.0 Å². The third-order valence-corrected chi connectivity index (χ3v) is 3.68. The molecule has 1 aliphatic rings. The van der Waals surface area contributed by atoms with E-state index in [9.17, 15) is 9.59 Å². The summed E-state index contributed by atoms with van der Waals surface area (Å²) < 4.78 is 4.73. The van der Waals surface area contributed by atoms with Crippen LogP contribution in [0.4, 0.5) is 4.79 Å². The van der Waals surface area contributed by atoms with Crippen molar-refractivity contribution >= 4 is 41.9 Å². The molecule has 0 aromatic rings. The van der Waals surface area contributed by atoms with Crippen molar-refractivity contribution in [1.82, 2.24) is 20.4 Å². The molecule has 1 aliphatic heterocycles. The van der Waals surface area contributed by atoms with Crippen molar-refractivity contribution in [2.45, 2.75) is 32.2 Å². The number of nitrogens with one attached hydrogen (secondary N) is 2. The Morgan fingerprint density at radius 1 is 1.29 bits per heavy atom. The van der Waals surface area contributed by atoms with Crippen LogP contribution in [-0.2, 0) is 9.53 Å². The zero-order chi connectivity index (χ0) is 17.2. The number of nitrogens with zero attached hydrogens (tertiary/aromatic N) is 3. The normalized spacial score (nSPS) is 15.3. The first-order valence-electron chi connectivity index (χ1n) is 8.05. The van der Waals surface area contributed by atoms with Gasteiger partial charge in [-0.1, -0.05) is 6.92 Å². The third kappa shape index (κ3) is 8.02. The van der Waals surface area contributed by atoms with Crippen LogP contribution in [0.15, 0.2) is 4.99 Å². The lowest BCUT2D eigenvalue weighted by molar-refractivity contribution is -0.127. The number of methoxy groups -OCH3 is 1. The van der Waals surface area contributed by atoms with E-state index in [2.05, 4.69) is 22.5 Å². The smallest absolute Gasteiger partial charge is 0.409 e. The Balaban J connectivity index is 0.00000529. The van der Waals surface area contributed by atoms with E-state index in [1.165, 1.54) is 12.0 Å². The first-order valence-corrected chi connectivity index (χ1v) is 8.05. The molecule has 140 valence electrons. The van der Waals surface area contributed by atoms with Crippen molar-refractivity contribution in [3.63, 3.8) is 0 Å². The molecule has 0 spiro atoms. The van der Waals surface area contributed by atoms with Crippen LogP contribution in [0.2, 0.25) is 0 Å². The number of halogens is 1. The second-order valence-corrected chi connectivity index (χ2v) is 5.76. The highest BCUT2D eigenvalue weighted by atomic mass is 127. The van der Waals surface area contributed by atoms with Gasteiger partial charge in [-0.3, -0.25) is 4.79 Å². The first kappa shape index (κ1) is 22.7. The number of likely N-dealkylation sites (tertiary alicyclic amines) is 1. The number of amides is 2. The minimum absolute atomic E-state index is 0. The lowest BCUT2D eigenvalue weighted by Gasteiger charge is -2.32. The predicted molar refractivity (Wildman–Crippen MR) is 105 cm³/mol. The maximum atomic E-state index is 11.7. The van der Waals surface area contributed by atoms with E-state index in [4.69, 9.17) is 4.74 Å². The molecule has 1 saturated heterocycles. The van der Waals surface area contributed by atoms with Crippen molar-refractivity contribution in [3.8, 4) is 0 Å². The molecule has 0 bridgehead atoms. The zero-order valence-electron chi connectivity index (χ0n) is 15.0. The molecule has 0 radical (unpaired) electrons. The molecular formula is C15H30IN5O3. The topological polar surface area (TPSA) is 86.3 Å². The van der Waals surface area contributed by atoms with E-state index in [1.807, 2.05) is 0 Å². The second kappa shape index (κ2) is 12.2. The first-order chi connectivity index (χ1) is 11.0. The highest BCUT2D eigenvalue weighted by molar-refractivity contribution is 14.0. The summed E-state index contributed by atoms with van der Waals surface area (Å²) in [7, 11) is 4.83. The summed E-state index contributed by atoms with van der Waals surface area (Å²) in [5.41, 5.74) is 0. The molecule has 1 fully saturated rings. The number of piperidine rings is 1. The molecule has 2 amide bonds. The summed E-state index contributed by atoms with van der Waals surface area (Å²) >= 11 is 0. The molecule has 1 heterocycles. The van der Waals surface area contributed by atoms with Crippen LogP contribution in [0.5, 0.6) is 0 Å². The summed E-state index contributed by atoms with van der Waals surface area (Å²) in [6, 6.07) is 0.230. The van der Waals surface area contributed by atoms with Gasteiger partial charge in [0, 0.05) is 39.8 Å². The molecular weight excluding hydrogens is 425 g/mol. The molecule has 1 rings (SSSR count). The predicted octanol–water partition coefficient (Wildman–Crippen LogP) is 0.869. The van der Waals surface area contributed by atoms with Gasteiger partial charge in [0.2, 0.25) is 5.91 Å². The van der Waals surface area contributed by atoms with Crippen LogP contribution in [0.1, 0.15) is 26.2 Å². The minimum atomic E-state index is -0.280. The lowest BCUT2D eigenvalue weighted by Crippen LogP contribution is -2.50. The molecule has 2 N–H and O–H groups in total. The van der Waals surface area contributed by atoms with Crippen LogP contribution in [-0.4, -0.2) is 81.2 Å². The van der Waals surface area contributed by atoms with Crippen LogP contribution in [0.25, 0.3) is 0 Å². The van der Waals surface area contributed by atoms with E-state index >= 15 is 0 Å². The fourth-order valence-electron chi connectivity index (χ4n) is 2.21. The van der Waals surface area contributed by atoms with Gasteiger partial charge in [0.1, 0.15) is 6.54 Å². The number of ether oxygens (including phenoxy) is 1. The van der Waals surface area contributed by atoms with Gasteiger partial charge in [-0.05, 0) is 19.3 Å². The Labute approximate surface area is 161 Å². The molecule has 0 aliphatic carbocycles. The number of carbonyl (C=O) groups excluding carboxylic acids is 2. The molecule has 8 nitrogen and oxygen atoms in total. The standard InChI is InChI=1S/C15H29N5O3.HI/c1-5-8-16-14(17-11-13(21)19(2)3)18-12-6-9-20(10-7-12)15(22)23-4;/h12H,5-11H2,1-4H3,(H2,16,17,18);1H. The Morgan fingerprint density at radius 3 is 2.42 bits per heavy atom. The van der Waals surface area contributed by atoms with Crippen molar-refractivity contribution in [2.24, 2.45) is 4.99 Å². The molecule has 0 saturated carbocycles. The van der Waals surface area contributed by atoms with Crippen LogP contribution in [0, 0.1) is 0 Å². The van der Waals surface area contributed by atoms with E-state index in [-0.39, 0.29) is 48.6 Å². The van der Waals surface area contributed by atoms with E-state index in [1.54, 1.807) is 19.0 Å². The number of guanidine groups is 1. The van der Waals surface area contributed by atoms with Gasteiger partial charge in [-0.25, -0.2) is 9.79 Å². The van der Waals surface area contributed by atoms with Gasteiger partial charge in [-0.2, -0.15) is 0 Å². The summed E-state index contributed by atoms with van der Waals surface area (Å²) in [4.78, 5) is 30.7. The fourth-order valence-corrected chi connectivity index (χ4v) is 2.21. The SMILES string of the molecule is CCCNC(=NCC(=O)N(C)C)NC1CCN(C(=O)OC)CC1.I. The lowest BCUT2D eigenvalue weighted by atomic mass is 10.1. The van der Waals surface area contributed by atoms with E-state index in [0.29, 0.717) is 19.0 Å². The van der Waals surface area contributed by atoms with Crippen LogP contribution in [0.3, 0.4) is 0 Å². The maximum Gasteiger partial charge on any atom is 0.409 e. The quantitative estimate of drug-likeness (QED) is 0.365. The summed E-state index contributed by atoms with van der Waals surface area (Å²) in [6.07, 6.45) is 2.34. The number of hydrogen-bond acceptors (Lipinski definition) is 4. The Morgan fingerprint density at radius 2 is 1.92 bits per heavy atom. The molecule has 0 unspecified atom stereocenters. The van der Waals surface area contributed by atoms with Crippen molar-refractivity contribution < 1.29 is 14.3 Å². The highest BCUT2D eigenvalue weighted by Gasteiger charge is 2.23. The molecule has 0 aromatic heterocycles. The summed E-state index contributed by atoms with van der Waals surface area (Å²) in [6.45, 7) is 4.30. The van der Waals surface area contributed by atoms with Gasteiger partial charge in [0.25, 0.3) is 0 Å². The number of rotatable bonds is 5. The Kier molecular flexibility index (Phi) is 11.5. The van der Waals surface area contributed by atoms with Crippen molar-refractivity contribution in [1.29, 1.82) is 0 Å². The van der Waals surface area contributed by atoms with Gasteiger partial charge in [0.05, 0.1) is 7.11 Å². The third-order valence-electron chi connectivity index (χ3n) is 3.68.